The first-order valence-electron chi connectivity index (χ1n) is 11.8. The Balaban J connectivity index is 3.23. The largest absolute Gasteiger partial charge is 0.508 e. The molecule has 0 heterocycles. The summed E-state index contributed by atoms with van der Waals surface area (Å²) in [6, 6.07) is 4.41. The molecule has 3 N–H and O–H groups in total. The van der Waals surface area contributed by atoms with Gasteiger partial charge in [0.2, 0.25) is 0 Å². The van der Waals surface area contributed by atoms with Crippen molar-refractivity contribution in [3.05, 3.63) is 23.8 Å². The Labute approximate surface area is 206 Å². The molecule has 0 aliphatic heterocycles. The molecule has 10 nitrogen and oxygen atoms in total. The zero-order chi connectivity index (χ0) is 26.8. The Morgan fingerprint density at radius 3 is 1.97 bits per heavy atom. The Kier molecular flexibility index (Phi) is 11.7. The van der Waals surface area contributed by atoms with Crippen molar-refractivity contribution in [3.8, 4) is 11.5 Å². The van der Waals surface area contributed by atoms with Gasteiger partial charge in [0.15, 0.2) is 11.5 Å². The number of carboxylic acid groups (broad SMARTS) is 1. The van der Waals surface area contributed by atoms with Gasteiger partial charge in [0.1, 0.15) is 11.6 Å². The third-order valence-electron chi connectivity index (χ3n) is 5.62. The van der Waals surface area contributed by atoms with Gasteiger partial charge in [0.25, 0.3) is 0 Å². The highest BCUT2D eigenvalue weighted by molar-refractivity contribution is 5.80. The monoisotopic (exact) mass is 495 g/mol. The quantitative estimate of drug-likeness (QED) is 0.305. The van der Waals surface area contributed by atoms with Crippen LogP contribution < -0.4 is 15.2 Å². The van der Waals surface area contributed by atoms with E-state index in [4.69, 9.17) is 24.7 Å². The summed E-state index contributed by atoms with van der Waals surface area (Å²) in [6.45, 7) is 10.3. The summed E-state index contributed by atoms with van der Waals surface area (Å²) < 4.78 is 20.7. The average molecular weight is 496 g/mol. The van der Waals surface area contributed by atoms with E-state index in [0.717, 1.165) is 0 Å². The van der Waals surface area contributed by atoms with Crippen LogP contribution in [0, 0.1) is 11.8 Å². The van der Waals surface area contributed by atoms with E-state index in [1.54, 1.807) is 26.8 Å². The highest BCUT2D eigenvalue weighted by atomic mass is 16.7. The normalized spacial score (nSPS) is 15.2. The van der Waals surface area contributed by atoms with Crippen LogP contribution in [0.4, 0.5) is 4.79 Å². The van der Waals surface area contributed by atoms with E-state index in [0.29, 0.717) is 18.4 Å². The molecule has 0 saturated carbocycles. The van der Waals surface area contributed by atoms with Gasteiger partial charge in [0.05, 0.1) is 18.4 Å². The second kappa shape index (κ2) is 13.7. The van der Waals surface area contributed by atoms with E-state index >= 15 is 0 Å². The molecule has 0 aliphatic rings. The van der Waals surface area contributed by atoms with E-state index < -0.39 is 41.6 Å². The molecule has 1 rings (SSSR count). The molecule has 1 aromatic rings. The van der Waals surface area contributed by atoms with Gasteiger partial charge in [0, 0.05) is 12.8 Å². The van der Waals surface area contributed by atoms with E-state index in [9.17, 15) is 24.3 Å². The van der Waals surface area contributed by atoms with Crippen LogP contribution in [0.25, 0.3) is 0 Å². The summed E-state index contributed by atoms with van der Waals surface area (Å²) in [7, 11) is 0. The first kappa shape index (κ1) is 29.9. The van der Waals surface area contributed by atoms with Gasteiger partial charge in [-0.1, -0.05) is 33.8 Å². The molecular formula is C25H37NO9. The van der Waals surface area contributed by atoms with Gasteiger partial charge >= 0.3 is 24.1 Å². The highest BCUT2D eigenvalue weighted by Crippen LogP contribution is 2.32. The molecule has 0 saturated heterocycles. The number of benzene rings is 1. The van der Waals surface area contributed by atoms with Gasteiger partial charge in [-0.25, -0.2) is 4.79 Å². The lowest BCUT2D eigenvalue weighted by molar-refractivity contribution is -0.145. The van der Waals surface area contributed by atoms with Crippen molar-refractivity contribution in [1.82, 2.24) is 0 Å². The molecule has 0 fully saturated rings. The summed E-state index contributed by atoms with van der Waals surface area (Å²) >= 11 is 0. The van der Waals surface area contributed by atoms with Crippen molar-refractivity contribution in [1.29, 1.82) is 0 Å². The van der Waals surface area contributed by atoms with Crippen molar-refractivity contribution < 1.29 is 43.2 Å². The molecular weight excluding hydrogens is 458 g/mol. The van der Waals surface area contributed by atoms with Crippen LogP contribution in [0.5, 0.6) is 11.5 Å². The molecule has 0 aliphatic carbocycles. The number of carbonyl (C=O) groups is 4. The minimum Gasteiger partial charge on any atom is -0.480 e. The first-order chi connectivity index (χ1) is 16.4. The van der Waals surface area contributed by atoms with Crippen molar-refractivity contribution in [2.75, 3.05) is 6.61 Å². The molecule has 35 heavy (non-hydrogen) atoms. The molecule has 0 radical (unpaired) electrons. The molecule has 0 amide bonds. The fourth-order valence-corrected chi connectivity index (χ4v) is 3.05. The summed E-state index contributed by atoms with van der Waals surface area (Å²) in [5.74, 6) is -3.02. The van der Waals surface area contributed by atoms with Crippen molar-refractivity contribution in [2.24, 2.45) is 17.6 Å². The number of nitrogens with two attached hydrogens (primary N) is 1. The number of hydrogen-bond donors (Lipinski definition) is 2. The molecule has 1 aromatic carbocycles. The molecule has 0 bridgehead atoms. The van der Waals surface area contributed by atoms with Crippen LogP contribution in [-0.2, 0) is 30.3 Å². The molecule has 10 heteroatoms. The number of esters is 2. The van der Waals surface area contributed by atoms with E-state index in [-0.39, 0.29) is 36.9 Å². The van der Waals surface area contributed by atoms with E-state index in [1.165, 1.54) is 19.1 Å². The predicted octanol–water partition coefficient (Wildman–Crippen LogP) is 3.87. The second-order valence-corrected chi connectivity index (χ2v) is 8.70. The van der Waals surface area contributed by atoms with Crippen LogP contribution in [0.1, 0.15) is 66.4 Å². The SMILES string of the molecule is CCOC(=O)O[C@@H](C)CC(N)(Cc1ccc(OC(=O)C(C)CC)c(OC(=O)C(C)CC)c1)C(=O)O. The van der Waals surface area contributed by atoms with Gasteiger partial charge in [-0.2, -0.15) is 0 Å². The maximum absolute atomic E-state index is 12.4. The van der Waals surface area contributed by atoms with E-state index in [1.807, 2.05) is 13.8 Å². The highest BCUT2D eigenvalue weighted by Gasteiger charge is 2.37. The first-order valence-corrected chi connectivity index (χ1v) is 11.8. The fraction of sp³-hybridized carbons (Fsp3) is 0.600. The number of hydrogen-bond acceptors (Lipinski definition) is 9. The van der Waals surface area contributed by atoms with Crippen LogP contribution in [0.15, 0.2) is 18.2 Å². The summed E-state index contributed by atoms with van der Waals surface area (Å²) in [6.07, 6.45) is -1.02. The topological polar surface area (TPSA) is 151 Å². The summed E-state index contributed by atoms with van der Waals surface area (Å²) in [5, 5.41) is 9.81. The maximum atomic E-state index is 12.4. The van der Waals surface area contributed by atoms with Crippen LogP contribution >= 0.6 is 0 Å². The lowest BCUT2D eigenvalue weighted by atomic mass is 9.86. The van der Waals surface area contributed by atoms with Gasteiger partial charge in [-0.15, -0.1) is 0 Å². The molecule has 0 spiro atoms. The number of ether oxygens (including phenoxy) is 4. The fourth-order valence-electron chi connectivity index (χ4n) is 3.05. The van der Waals surface area contributed by atoms with Gasteiger partial charge < -0.3 is 29.8 Å². The Morgan fingerprint density at radius 2 is 1.49 bits per heavy atom. The number of carboxylic acids is 1. The summed E-state index contributed by atoms with van der Waals surface area (Å²) in [4.78, 5) is 48.4. The van der Waals surface area contributed by atoms with Crippen LogP contribution in [-0.4, -0.2) is 47.4 Å². The minimum atomic E-state index is -1.81. The third kappa shape index (κ3) is 9.20. The van der Waals surface area contributed by atoms with Crippen molar-refractivity contribution in [2.45, 2.75) is 78.9 Å². The standard InChI is InChI=1S/C25H37NO9/c1-7-15(4)21(27)34-19-11-10-18(12-20(19)35-22(28)16(5)8-2)14-25(26,23(29)30)13-17(6)33-24(31)32-9-3/h10-12,15-17H,7-9,13-14,26H2,1-6H3,(H,29,30)/t15?,16?,17-,25?/m0/s1. The van der Waals surface area contributed by atoms with E-state index in [2.05, 4.69) is 0 Å². The Hall–Kier alpha value is -3.14. The Morgan fingerprint density at radius 1 is 0.943 bits per heavy atom. The van der Waals surface area contributed by atoms with Crippen molar-refractivity contribution >= 4 is 24.1 Å². The molecule has 0 aromatic heterocycles. The van der Waals surface area contributed by atoms with Gasteiger partial charge in [-0.05, 0) is 44.4 Å². The number of carbonyl (C=O) groups excluding carboxylic acids is 3. The lowest BCUT2D eigenvalue weighted by Crippen LogP contribution is -2.52. The van der Waals surface area contributed by atoms with Crippen molar-refractivity contribution in [3.63, 3.8) is 0 Å². The predicted molar refractivity (Wildman–Crippen MR) is 127 cm³/mol. The Bertz CT molecular complexity index is 901. The molecule has 4 atom stereocenters. The second-order valence-electron chi connectivity index (χ2n) is 8.70. The maximum Gasteiger partial charge on any atom is 0.508 e. The smallest absolute Gasteiger partial charge is 0.480 e. The lowest BCUT2D eigenvalue weighted by Gasteiger charge is -2.28. The summed E-state index contributed by atoms with van der Waals surface area (Å²) in [5.41, 5.74) is 4.81. The number of rotatable bonds is 13. The van der Waals surface area contributed by atoms with Crippen LogP contribution in [0.2, 0.25) is 0 Å². The molecule has 196 valence electrons. The number of aliphatic carboxylic acids is 1. The third-order valence-corrected chi connectivity index (χ3v) is 5.62. The zero-order valence-electron chi connectivity index (χ0n) is 21.3. The van der Waals surface area contributed by atoms with Crippen LogP contribution in [0.3, 0.4) is 0 Å². The molecule has 3 unspecified atom stereocenters. The minimum absolute atomic E-state index is 0.00647. The average Bonchev–Trinajstić information content (AvgIpc) is 2.79. The van der Waals surface area contributed by atoms with Gasteiger partial charge in [-0.3, -0.25) is 14.4 Å². The zero-order valence-corrected chi connectivity index (χ0v) is 21.3.